The number of carbonyl (C=O) groups excluding carboxylic acids is 1. The van der Waals surface area contributed by atoms with E-state index in [0.717, 1.165) is 81.9 Å². The number of amides is 1. The summed E-state index contributed by atoms with van der Waals surface area (Å²) in [6.07, 6.45) is 10.1. The van der Waals surface area contributed by atoms with Crippen LogP contribution in [-0.4, -0.2) is 81.0 Å². The van der Waals surface area contributed by atoms with Crippen molar-refractivity contribution in [1.29, 1.82) is 0 Å². The van der Waals surface area contributed by atoms with Crippen LogP contribution in [-0.2, 0) is 4.79 Å². The van der Waals surface area contributed by atoms with Gasteiger partial charge in [0.1, 0.15) is 11.8 Å². The minimum Gasteiger partial charge on any atom is -0.355 e. The maximum Gasteiger partial charge on any atom is 0.226 e. The maximum absolute atomic E-state index is 12.8. The third-order valence-electron chi connectivity index (χ3n) is 6.70. The van der Waals surface area contributed by atoms with Gasteiger partial charge in [0.05, 0.1) is 12.2 Å². The van der Waals surface area contributed by atoms with Crippen molar-refractivity contribution in [3.8, 4) is 0 Å². The number of likely N-dealkylation sites (tertiary alicyclic amines) is 2. The van der Waals surface area contributed by atoms with E-state index in [4.69, 9.17) is 0 Å². The summed E-state index contributed by atoms with van der Waals surface area (Å²) in [6.45, 7) is 5.97. The summed E-state index contributed by atoms with van der Waals surface area (Å²) in [5.41, 5.74) is 1.65. The Hall–Kier alpha value is -2.22. The first-order valence-electron chi connectivity index (χ1n) is 10.7. The molecule has 28 heavy (non-hydrogen) atoms. The lowest BCUT2D eigenvalue weighted by Gasteiger charge is -2.42. The van der Waals surface area contributed by atoms with Crippen molar-refractivity contribution in [2.75, 3.05) is 44.2 Å². The molecule has 8 nitrogen and oxygen atoms in total. The number of aromatic nitrogens is 4. The first-order chi connectivity index (χ1) is 13.8. The zero-order valence-corrected chi connectivity index (χ0v) is 16.4. The molecule has 1 amide bonds. The van der Waals surface area contributed by atoms with Crippen LogP contribution in [0, 0.1) is 5.92 Å². The van der Waals surface area contributed by atoms with E-state index in [-0.39, 0.29) is 5.92 Å². The van der Waals surface area contributed by atoms with Gasteiger partial charge in [-0.25, -0.2) is 15.0 Å². The average molecular weight is 384 g/mol. The van der Waals surface area contributed by atoms with E-state index in [2.05, 4.69) is 34.6 Å². The molecule has 3 aliphatic rings. The summed E-state index contributed by atoms with van der Waals surface area (Å²) in [5.74, 6) is 1.57. The van der Waals surface area contributed by atoms with Crippen LogP contribution >= 0.6 is 0 Å². The van der Waals surface area contributed by atoms with Crippen molar-refractivity contribution < 1.29 is 4.79 Å². The Bertz CT molecular complexity index is 823. The molecule has 3 saturated heterocycles. The molecule has 2 aromatic heterocycles. The van der Waals surface area contributed by atoms with Crippen molar-refractivity contribution in [2.24, 2.45) is 5.92 Å². The minimum absolute atomic E-state index is 0.205. The largest absolute Gasteiger partial charge is 0.355 e. The fourth-order valence-electron chi connectivity index (χ4n) is 5.17. The molecule has 150 valence electrons. The average Bonchev–Trinajstić information content (AvgIpc) is 3.45. The molecular weight excluding hydrogens is 354 g/mol. The van der Waals surface area contributed by atoms with Gasteiger partial charge in [-0.3, -0.25) is 9.69 Å². The number of nitrogens with one attached hydrogen (secondary N) is 1. The van der Waals surface area contributed by atoms with Crippen LogP contribution in [0.5, 0.6) is 0 Å². The second-order valence-electron chi connectivity index (χ2n) is 8.38. The molecule has 1 atom stereocenters. The van der Waals surface area contributed by atoms with Crippen LogP contribution in [0.3, 0.4) is 0 Å². The summed E-state index contributed by atoms with van der Waals surface area (Å²) in [7, 11) is 0. The van der Waals surface area contributed by atoms with Crippen molar-refractivity contribution >= 4 is 22.9 Å². The van der Waals surface area contributed by atoms with Gasteiger partial charge in [-0.1, -0.05) is 0 Å². The molecule has 0 aromatic carbocycles. The van der Waals surface area contributed by atoms with Crippen molar-refractivity contribution in [1.82, 2.24) is 29.7 Å². The molecule has 1 N–H and O–H groups in total. The maximum atomic E-state index is 12.8. The van der Waals surface area contributed by atoms with Crippen LogP contribution in [0.4, 0.5) is 5.82 Å². The number of fused-ring (bicyclic) bond motifs is 1. The van der Waals surface area contributed by atoms with E-state index < -0.39 is 0 Å². The number of rotatable bonds is 3. The molecule has 3 fully saturated rings. The van der Waals surface area contributed by atoms with Gasteiger partial charge in [0.2, 0.25) is 5.91 Å². The highest BCUT2D eigenvalue weighted by Gasteiger charge is 2.34. The summed E-state index contributed by atoms with van der Waals surface area (Å²) >= 11 is 0. The fraction of sp³-hybridized carbons (Fsp3) is 0.700. The molecular formula is C20H29N7O. The van der Waals surface area contributed by atoms with Crippen molar-refractivity contribution in [3.63, 3.8) is 0 Å². The Morgan fingerprint density at radius 2 is 1.79 bits per heavy atom. The normalized spacial score (nSPS) is 24.9. The number of imidazole rings is 1. The fourth-order valence-corrected chi connectivity index (χ4v) is 5.17. The van der Waals surface area contributed by atoms with E-state index in [9.17, 15) is 4.79 Å². The molecule has 2 aromatic rings. The summed E-state index contributed by atoms with van der Waals surface area (Å²) in [5, 5.41) is 0. The van der Waals surface area contributed by atoms with Crippen LogP contribution in [0.15, 0.2) is 12.7 Å². The van der Waals surface area contributed by atoms with Gasteiger partial charge in [0, 0.05) is 38.8 Å². The second kappa shape index (κ2) is 7.66. The Labute approximate surface area is 165 Å². The van der Waals surface area contributed by atoms with Crippen LogP contribution < -0.4 is 4.90 Å². The van der Waals surface area contributed by atoms with Gasteiger partial charge in [-0.05, 0) is 45.1 Å². The lowest BCUT2D eigenvalue weighted by Crippen LogP contribution is -2.51. The standard InChI is InChI=1S/C20H29N7O/c28-20(26-7-1-2-8-26)15-4-3-9-27(12-15)16-5-10-25(11-6-16)19-17-18(22-13-21-17)23-14-24-19/h13-16H,1-12H2,(H,21,22,23,24)/t15-/m1/s1. The topological polar surface area (TPSA) is 81.2 Å². The second-order valence-corrected chi connectivity index (χ2v) is 8.38. The third-order valence-corrected chi connectivity index (χ3v) is 6.70. The predicted molar refractivity (Wildman–Crippen MR) is 107 cm³/mol. The highest BCUT2D eigenvalue weighted by molar-refractivity contribution is 5.82. The number of hydrogen-bond acceptors (Lipinski definition) is 6. The zero-order chi connectivity index (χ0) is 18.9. The number of H-pyrrole nitrogens is 1. The van der Waals surface area contributed by atoms with E-state index >= 15 is 0 Å². The van der Waals surface area contributed by atoms with E-state index in [1.807, 2.05) is 0 Å². The molecule has 0 unspecified atom stereocenters. The number of aromatic amines is 1. The van der Waals surface area contributed by atoms with Gasteiger partial charge in [0.25, 0.3) is 0 Å². The van der Waals surface area contributed by atoms with Gasteiger partial charge in [-0.15, -0.1) is 0 Å². The molecule has 0 radical (unpaired) electrons. The lowest BCUT2D eigenvalue weighted by atomic mass is 9.93. The van der Waals surface area contributed by atoms with Crippen LogP contribution in [0.1, 0.15) is 38.5 Å². The molecule has 0 bridgehead atoms. The first kappa shape index (κ1) is 17.8. The van der Waals surface area contributed by atoms with Crippen LogP contribution in [0.2, 0.25) is 0 Å². The van der Waals surface area contributed by atoms with Gasteiger partial charge < -0.3 is 14.8 Å². The lowest BCUT2D eigenvalue weighted by molar-refractivity contribution is -0.136. The van der Waals surface area contributed by atoms with Crippen molar-refractivity contribution in [3.05, 3.63) is 12.7 Å². The number of carbonyl (C=O) groups is 1. The Morgan fingerprint density at radius 1 is 0.964 bits per heavy atom. The van der Waals surface area contributed by atoms with Crippen LogP contribution in [0.25, 0.3) is 11.2 Å². The monoisotopic (exact) mass is 383 g/mol. The number of piperidine rings is 2. The molecule has 0 saturated carbocycles. The Morgan fingerprint density at radius 3 is 2.61 bits per heavy atom. The Balaban J connectivity index is 1.20. The third kappa shape index (κ3) is 3.34. The number of anilines is 1. The highest BCUT2D eigenvalue weighted by atomic mass is 16.2. The van der Waals surface area contributed by atoms with E-state index in [1.54, 1.807) is 12.7 Å². The van der Waals surface area contributed by atoms with E-state index in [1.165, 1.54) is 12.8 Å². The van der Waals surface area contributed by atoms with Gasteiger partial charge >= 0.3 is 0 Å². The summed E-state index contributed by atoms with van der Waals surface area (Å²) < 4.78 is 0. The summed E-state index contributed by atoms with van der Waals surface area (Å²) in [6, 6.07) is 0.574. The molecule has 0 aliphatic carbocycles. The molecule has 0 spiro atoms. The number of hydrogen-bond donors (Lipinski definition) is 1. The van der Waals surface area contributed by atoms with Gasteiger partial charge in [-0.2, -0.15) is 0 Å². The van der Waals surface area contributed by atoms with E-state index in [0.29, 0.717) is 11.9 Å². The quantitative estimate of drug-likeness (QED) is 0.868. The predicted octanol–water partition coefficient (Wildman–Crippen LogP) is 1.66. The Kier molecular flexibility index (Phi) is 4.88. The molecule has 8 heteroatoms. The van der Waals surface area contributed by atoms with Crippen molar-refractivity contribution in [2.45, 2.75) is 44.6 Å². The minimum atomic E-state index is 0.205. The highest BCUT2D eigenvalue weighted by Crippen LogP contribution is 2.28. The smallest absolute Gasteiger partial charge is 0.226 e. The first-order valence-corrected chi connectivity index (χ1v) is 10.7. The molecule has 3 aliphatic heterocycles. The molecule has 5 heterocycles. The number of nitrogens with zero attached hydrogens (tertiary/aromatic N) is 6. The molecule has 5 rings (SSSR count). The summed E-state index contributed by atoms with van der Waals surface area (Å²) in [4.78, 5) is 36.0. The SMILES string of the molecule is O=C([C@@H]1CCCN(C2CCN(c3ncnc4nc[nH]c34)CC2)C1)N1CCCC1. The zero-order valence-electron chi connectivity index (χ0n) is 16.4. The van der Waals surface area contributed by atoms with Gasteiger partial charge in [0.15, 0.2) is 11.5 Å².